The summed E-state index contributed by atoms with van der Waals surface area (Å²) in [5, 5.41) is -0.0609. The average Bonchev–Trinajstić information content (AvgIpc) is 2.49. The van der Waals surface area contributed by atoms with Crippen LogP contribution in [0.15, 0.2) is 21.7 Å². The maximum Gasteiger partial charge on any atom is 0.329 e. The van der Waals surface area contributed by atoms with E-state index in [9.17, 15) is 26.8 Å². The van der Waals surface area contributed by atoms with Gasteiger partial charge in [0.2, 0.25) is 0 Å². The van der Waals surface area contributed by atoms with Gasteiger partial charge in [-0.15, -0.1) is 0 Å². The normalized spacial score (nSPS) is 13.5. The van der Waals surface area contributed by atoms with Gasteiger partial charge in [-0.1, -0.05) is 0 Å². The lowest BCUT2D eigenvalue weighted by Gasteiger charge is -2.17. The number of aromatic amines is 1. The summed E-state index contributed by atoms with van der Waals surface area (Å²) in [6.07, 6.45) is -2.65. The lowest BCUT2D eigenvalue weighted by molar-refractivity contribution is 0.0711. The zero-order valence-corrected chi connectivity index (χ0v) is 14.7. The van der Waals surface area contributed by atoms with E-state index in [4.69, 9.17) is 4.74 Å². The molecule has 1 atom stereocenters. The highest BCUT2D eigenvalue weighted by Crippen LogP contribution is 2.31. The summed E-state index contributed by atoms with van der Waals surface area (Å²) in [4.78, 5) is 26.7. The molecule has 1 aromatic heterocycles. The number of fused-ring (bicyclic) bond motifs is 1. The molecule has 25 heavy (non-hydrogen) atoms. The van der Waals surface area contributed by atoms with Crippen molar-refractivity contribution in [1.82, 2.24) is 9.55 Å². The fourth-order valence-corrected chi connectivity index (χ4v) is 3.27. The first-order valence-electron chi connectivity index (χ1n) is 7.43. The number of rotatable bonds is 6. The molecule has 1 N–H and O–H groups in total. The van der Waals surface area contributed by atoms with E-state index in [1.165, 1.54) is 6.07 Å². The topological polar surface area (TPSA) is 98.2 Å². The number of hydrogen-bond acceptors (Lipinski definition) is 5. The van der Waals surface area contributed by atoms with Crippen LogP contribution in [0.5, 0.6) is 0 Å². The van der Waals surface area contributed by atoms with Gasteiger partial charge < -0.3 is 9.72 Å². The molecule has 0 radical (unpaired) electrons. The zero-order chi connectivity index (χ0) is 18.9. The van der Waals surface area contributed by atoms with Crippen LogP contribution in [0.1, 0.15) is 37.5 Å². The summed E-state index contributed by atoms with van der Waals surface area (Å²) in [5.74, 6) is -0.802. The van der Waals surface area contributed by atoms with E-state index in [-0.39, 0.29) is 28.6 Å². The molecule has 0 fully saturated rings. The number of nitrogens with zero attached hydrogens (tertiary/aromatic N) is 1. The molecule has 7 nitrogen and oxygen atoms in total. The van der Waals surface area contributed by atoms with E-state index in [2.05, 4.69) is 4.98 Å². The Hall–Kier alpha value is -2.07. The fraction of sp³-hybridized carbons (Fsp3) is 0.467. The summed E-state index contributed by atoms with van der Waals surface area (Å²) in [6, 6.07) is 2.24. The third-order valence-corrected chi connectivity index (χ3v) is 4.37. The number of H-pyrrole nitrogens is 1. The molecule has 1 unspecified atom stereocenters. The van der Waals surface area contributed by atoms with Gasteiger partial charge in [0.05, 0.1) is 17.0 Å². The van der Waals surface area contributed by atoms with Crippen molar-refractivity contribution in [3.8, 4) is 0 Å². The number of benzene rings is 1. The van der Waals surface area contributed by atoms with Crippen LogP contribution in [0, 0.1) is 0 Å². The van der Waals surface area contributed by atoms with Gasteiger partial charge in [0.15, 0.2) is 9.84 Å². The Labute approximate surface area is 142 Å². The zero-order valence-electron chi connectivity index (χ0n) is 13.9. The van der Waals surface area contributed by atoms with E-state index in [1.807, 2.05) is 0 Å². The Kier molecular flexibility index (Phi) is 5.43. The van der Waals surface area contributed by atoms with E-state index < -0.39 is 39.5 Å². The number of aromatic nitrogens is 2. The Morgan fingerprint density at radius 1 is 1.24 bits per heavy atom. The molecule has 0 aliphatic heterocycles. The van der Waals surface area contributed by atoms with E-state index in [1.54, 1.807) is 13.8 Å². The molecule has 2 rings (SSSR count). The Bertz CT molecular complexity index is 1010. The van der Waals surface area contributed by atoms with Crippen molar-refractivity contribution in [3.63, 3.8) is 0 Å². The first-order chi connectivity index (χ1) is 11.5. The third kappa shape index (κ3) is 4.13. The molecule has 0 aliphatic rings. The van der Waals surface area contributed by atoms with Crippen LogP contribution in [0.3, 0.4) is 0 Å². The average molecular weight is 376 g/mol. The Balaban J connectivity index is 2.81. The van der Waals surface area contributed by atoms with Crippen molar-refractivity contribution < 1.29 is 21.9 Å². The van der Waals surface area contributed by atoms with Gasteiger partial charge in [-0.25, -0.2) is 26.6 Å². The van der Waals surface area contributed by atoms with Crippen molar-refractivity contribution in [2.45, 2.75) is 32.3 Å². The maximum atomic E-state index is 13.3. The van der Waals surface area contributed by atoms with Crippen molar-refractivity contribution in [2.24, 2.45) is 0 Å². The maximum absolute atomic E-state index is 13.3. The van der Waals surface area contributed by atoms with E-state index >= 15 is 0 Å². The second-order valence-electron chi connectivity index (χ2n) is 5.64. The Morgan fingerprint density at radius 2 is 1.88 bits per heavy atom. The van der Waals surface area contributed by atoms with Crippen LogP contribution in [0.2, 0.25) is 0 Å². The molecule has 1 heterocycles. The number of ether oxygens (including phenoxy) is 1. The van der Waals surface area contributed by atoms with Gasteiger partial charge in [0.25, 0.3) is 12.0 Å². The SMILES string of the molecule is CCOC(C)c1cc2c(=O)n(CS(C)(=O)=O)c(=O)[nH]c2cc1C(F)F. The van der Waals surface area contributed by atoms with Gasteiger partial charge in [-0.3, -0.25) is 4.79 Å². The molecular weight excluding hydrogens is 358 g/mol. The van der Waals surface area contributed by atoms with Crippen LogP contribution in [-0.4, -0.2) is 30.8 Å². The predicted octanol–water partition coefficient (Wildman–Crippen LogP) is 1.73. The molecular formula is C15H18F2N2O5S. The molecule has 138 valence electrons. The van der Waals surface area contributed by atoms with Crippen molar-refractivity contribution in [3.05, 3.63) is 44.1 Å². The predicted molar refractivity (Wildman–Crippen MR) is 88.7 cm³/mol. The molecule has 0 spiro atoms. The molecule has 0 aliphatic carbocycles. The third-order valence-electron chi connectivity index (χ3n) is 3.64. The van der Waals surface area contributed by atoms with Crippen molar-refractivity contribution in [1.29, 1.82) is 0 Å². The van der Waals surface area contributed by atoms with Crippen LogP contribution in [-0.2, 0) is 20.5 Å². The highest BCUT2D eigenvalue weighted by atomic mass is 32.2. The highest BCUT2D eigenvalue weighted by molar-refractivity contribution is 7.89. The van der Waals surface area contributed by atoms with E-state index in [0.717, 1.165) is 12.3 Å². The smallest absolute Gasteiger partial charge is 0.329 e. The summed E-state index contributed by atoms with van der Waals surface area (Å²) in [7, 11) is -3.65. The minimum absolute atomic E-state index is 0.0609. The molecule has 1 aromatic carbocycles. The molecule has 0 saturated carbocycles. The first-order valence-corrected chi connectivity index (χ1v) is 9.49. The number of halogens is 2. The minimum Gasteiger partial charge on any atom is -0.374 e. The summed E-state index contributed by atoms with van der Waals surface area (Å²) < 4.78 is 55.4. The lowest BCUT2D eigenvalue weighted by atomic mass is 10.0. The van der Waals surface area contributed by atoms with Crippen LogP contribution >= 0.6 is 0 Å². The van der Waals surface area contributed by atoms with Crippen LogP contribution < -0.4 is 11.2 Å². The van der Waals surface area contributed by atoms with Gasteiger partial charge in [-0.2, -0.15) is 0 Å². The minimum atomic E-state index is -3.65. The molecule has 0 saturated heterocycles. The molecule has 2 aromatic rings. The number of alkyl halides is 2. The van der Waals surface area contributed by atoms with Crippen molar-refractivity contribution >= 4 is 20.7 Å². The molecule has 0 amide bonds. The molecule has 10 heteroatoms. The first kappa shape index (κ1) is 19.3. The van der Waals surface area contributed by atoms with Crippen LogP contribution in [0.25, 0.3) is 10.9 Å². The standard InChI is InChI=1S/C15H18F2N2O5S/c1-4-24-8(2)9-5-11-12(6-10(9)13(16)17)18-15(21)19(14(11)20)7-25(3,22)23/h5-6,8,13H,4,7H2,1-3H3,(H,18,21). The fourth-order valence-electron chi connectivity index (χ4n) is 2.57. The van der Waals surface area contributed by atoms with Crippen molar-refractivity contribution in [2.75, 3.05) is 12.9 Å². The lowest BCUT2D eigenvalue weighted by Crippen LogP contribution is -2.37. The summed E-state index contributed by atoms with van der Waals surface area (Å²) in [6.45, 7) is 3.55. The Morgan fingerprint density at radius 3 is 2.40 bits per heavy atom. The largest absolute Gasteiger partial charge is 0.374 e. The van der Waals surface area contributed by atoms with Crippen LogP contribution in [0.4, 0.5) is 8.78 Å². The summed E-state index contributed by atoms with van der Waals surface area (Å²) >= 11 is 0. The van der Waals surface area contributed by atoms with Gasteiger partial charge in [0, 0.05) is 18.4 Å². The van der Waals surface area contributed by atoms with Gasteiger partial charge in [-0.05, 0) is 31.5 Å². The molecule has 0 bridgehead atoms. The van der Waals surface area contributed by atoms with Gasteiger partial charge >= 0.3 is 5.69 Å². The number of hydrogen-bond donors (Lipinski definition) is 1. The quantitative estimate of drug-likeness (QED) is 0.828. The second kappa shape index (κ2) is 7.04. The van der Waals surface area contributed by atoms with Gasteiger partial charge in [0.1, 0.15) is 5.88 Å². The number of nitrogens with one attached hydrogen (secondary N) is 1. The van der Waals surface area contributed by atoms with E-state index in [0.29, 0.717) is 4.57 Å². The summed E-state index contributed by atoms with van der Waals surface area (Å²) in [5.41, 5.74) is -2.17. The number of sulfone groups is 1. The monoisotopic (exact) mass is 376 g/mol. The second-order valence-corrected chi connectivity index (χ2v) is 7.75. The highest BCUT2D eigenvalue weighted by Gasteiger charge is 2.21.